The maximum absolute atomic E-state index is 2.37. The first-order valence-corrected chi connectivity index (χ1v) is 7.18. The van der Waals surface area contributed by atoms with Crippen LogP contribution in [0.5, 0.6) is 0 Å². The van der Waals surface area contributed by atoms with Crippen LogP contribution in [0.3, 0.4) is 0 Å². The number of hydrogen-bond acceptors (Lipinski definition) is 0. The van der Waals surface area contributed by atoms with E-state index in [1.54, 1.807) is 24.5 Å². The molecule has 2 aliphatic rings. The molecule has 3 heteroatoms. The van der Waals surface area contributed by atoms with Crippen LogP contribution in [0.25, 0.3) is 0 Å². The SMILES string of the molecule is CC1=C(C)C(C)[C]([Ti+2][C]2=CC=CC2)=C1C.[Cl-].[Cl-]. The van der Waals surface area contributed by atoms with E-state index in [0.717, 1.165) is 0 Å². The van der Waals surface area contributed by atoms with E-state index < -0.39 is 0 Å². The molecular weight excluding hydrogens is 287 g/mol. The first kappa shape index (κ1) is 17.3. The largest absolute Gasteiger partial charge is 1.00 e. The molecule has 0 saturated carbocycles. The van der Waals surface area contributed by atoms with Crippen LogP contribution in [0, 0.1) is 5.92 Å². The number of allylic oxidation sites excluding steroid dienone is 8. The number of rotatable bonds is 2. The summed E-state index contributed by atoms with van der Waals surface area (Å²) in [7, 11) is 0. The zero-order valence-electron chi connectivity index (χ0n) is 10.8. The van der Waals surface area contributed by atoms with Crippen LogP contribution in [0.4, 0.5) is 0 Å². The van der Waals surface area contributed by atoms with Gasteiger partial charge in [0.25, 0.3) is 0 Å². The molecule has 0 fully saturated rings. The third-order valence-electron chi connectivity index (χ3n) is 3.71. The van der Waals surface area contributed by atoms with Crippen molar-refractivity contribution in [3.63, 3.8) is 0 Å². The fourth-order valence-corrected chi connectivity index (χ4v) is 4.70. The van der Waals surface area contributed by atoms with Gasteiger partial charge in [-0.1, -0.05) is 0 Å². The van der Waals surface area contributed by atoms with Gasteiger partial charge in [0, 0.05) is 0 Å². The second-order valence-corrected chi connectivity index (χ2v) is 6.75. The van der Waals surface area contributed by atoms with E-state index >= 15 is 0 Å². The van der Waals surface area contributed by atoms with Crippen LogP contribution in [0.15, 0.2) is 42.7 Å². The maximum Gasteiger partial charge on any atom is -1.00 e. The molecule has 0 aromatic rings. The fraction of sp³-hybridized carbons (Fsp3) is 0.429. The summed E-state index contributed by atoms with van der Waals surface area (Å²) in [6, 6.07) is 0. The van der Waals surface area contributed by atoms with Crippen molar-refractivity contribution in [3.8, 4) is 0 Å². The Bertz CT molecular complexity index is 414. The number of hydrogen-bond donors (Lipinski definition) is 0. The van der Waals surface area contributed by atoms with Crippen LogP contribution >= 0.6 is 0 Å². The Hall–Kier alpha value is 0.254. The van der Waals surface area contributed by atoms with E-state index in [2.05, 4.69) is 45.9 Å². The molecule has 17 heavy (non-hydrogen) atoms. The Kier molecular flexibility index (Phi) is 7.10. The van der Waals surface area contributed by atoms with Gasteiger partial charge in [-0.25, -0.2) is 0 Å². The molecule has 0 amide bonds. The third kappa shape index (κ3) is 3.38. The van der Waals surface area contributed by atoms with Crippen molar-refractivity contribution in [2.45, 2.75) is 34.1 Å². The van der Waals surface area contributed by atoms with Crippen molar-refractivity contribution in [3.05, 3.63) is 42.7 Å². The Morgan fingerprint density at radius 2 is 1.76 bits per heavy atom. The Morgan fingerprint density at radius 1 is 1.12 bits per heavy atom. The molecule has 92 valence electrons. The van der Waals surface area contributed by atoms with E-state index in [1.807, 2.05) is 0 Å². The Labute approximate surface area is 126 Å². The van der Waals surface area contributed by atoms with Gasteiger partial charge in [0.2, 0.25) is 0 Å². The molecule has 1 unspecified atom stereocenters. The Balaban J connectivity index is 0.00000128. The topological polar surface area (TPSA) is 0 Å². The number of halogens is 2. The zero-order chi connectivity index (χ0) is 11.0. The molecule has 0 aliphatic heterocycles. The van der Waals surface area contributed by atoms with Crippen LogP contribution in [-0.2, 0) is 19.2 Å². The monoisotopic (exact) mass is 304 g/mol. The summed E-state index contributed by atoms with van der Waals surface area (Å²) in [6.45, 7) is 9.26. The predicted octanol–water partition coefficient (Wildman–Crippen LogP) is -1.82. The quantitative estimate of drug-likeness (QED) is 0.527. The molecule has 2 aliphatic carbocycles. The Morgan fingerprint density at radius 3 is 2.18 bits per heavy atom. The summed E-state index contributed by atoms with van der Waals surface area (Å²) in [4.78, 5) is 0. The van der Waals surface area contributed by atoms with Crippen molar-refractivity contribution in [1.29, 1.82) is 0 Å². The minimum absolute atomic E-state index is 0. The van der Waals surface area contributed by atoms with Gasteiger partial charge in [-0.15, -0.1) is 0 Å². The van der Waals surface area contributed by atoms with E-state index in [0.29, 0.717) is 5.92 Å². The summed E-state index contributed by atoms with van der Waals surface area (Å²) in [5.74, 6) is 0.714. The molecule has 0 spiro atoms. The summed E-state index contributed by atoms with van der Waals surface area (Å²) in [5, 5.41) is 0. The van der Waals surface area contributed by atoms with Crippen LogP contribution < -0.4 is 24.8 Å². The molecule has 0 bridgehead atoms. The minimum Gasteiger partial charge on any atom is -1.00 e. The first-order valence-electron chi connectivity index (χ1n) is 5.62. The van der Waals surface area contributed by atoms with Gasteiger partial charge < -0.3 is 24.8 Å². The summed E-state index contributed by atoms with van der Waals surface area (Å²) < 4.78 is 3.46. The predicted molar refractivity (Wildman–Crippen MR) is 62.1 cm³/mol. The molecule has 0 aromatic heterocycles. The summed E-state index contributed by atoms with van der Waals surface area (Å²) in [6.07, 6.45) is 8.03. The van der Waals surface area contributed by atoms with Gasteiger partial charge in [0.05, 0.1) is 0 Å². The van der Waals surface area contributed by atoms with Gasteiger partial charge in [-0.05, 0) is 0 Å². The van der Waals surface area contributed by atoms with E-state index in [9.17, 15) is 0 Å². The van der Waals surface area contributed by atoms with E-state index in [-0.39, 0.29) is 44.0 Å². The van der Waals surface area contributed by atoms with Crippen LogP contribution in [0.2, 0.25) is 0 Å². The molecule has 0 N–H and O–H groups in total. The second-order valence-electron chi connectivity index (χ2n) is 4.52. The van der Waals surface area contributed by atoms with Crippen molar-refractivity contribution in [1.82, 2.24) is 0 Å². The molecule has 0 aromatic carbocycles. The molecule has 0 heterocycles. The van der Waals surface area contributed by atoms with Crippen LogP contribution in [-0.4, -0.2) is 0 Å². The molecular formula is C14H18Cl2Ti. The normalized spacial score (nSPS) is 22.1. The minimum atomic E-state index is -0.0244. The van der Waals surface area contributed by atoms with Gasteiger partial charge in [0.1, 0.15) is 0 Å². The van der Waals surface area contributed by atoms with Gasteiger partial charge in [-0.3, -0.25) is 0 Å². The van der Waals surface area contributed by atoms with E-state index in [1.165, 1.54) is 6.42 Å². The van der Waals surface area contributed by atoms with Crippen molar-refractivity contribution < 1.29 is 44.0 Å². The first-order chi connectivity index (χ1) is 7.11. The molecule has 0 radical (unpaired) electrons. The molecule has 0 saturated heterocycles. The third-order valence-corrected chi connectivity index (χ3v) is 6.47. The average Bonchev–Trinajstić information content (AvgIpc) is 2.79. The van der Waals surface area contributed by atoms with Gasteiger partial charge >= 0.3 is 102 Å². The summed E-state index contributed by atoms with van der Waals surface area (Å²) >= 11 is -0.0244. The summed E-state index contributed by atoms with van der Waals surface area (Å²) in [5.41, 5.74) is 4.73. The zero-order valence-corrected chi connectivity index (χ0v) is 13.8. The average molecular weight is 305 g/mol. The van der Waals surface area contributed by atoms with Gasteiger partial charge in [0.15, 0.2) is 0 Å². The maximum atomic E-state index is 2.37. The molecule has 0 nitrogen and oxygen atoms in total. The smallest absolute Gasteiger partial charge is 1.00 e. The molecule has 2 rings (SSSR count). The second kappa shape index (κ2) is 6.99. The van der Waals surface area contributed by atoms with Crippen LogP contribution in [0.1, 0.15) is 34.1 Å². The van der Waals surface area contributed by atoms with E-state index in [4.69, 9.17) is 0 Å². The standard InChI is InChI=1S/C9H13.C5H5.2ClH.Ti/c1-6-5-7(2)9(4)8(6)3;1-2-4-5-3-1;;;/h6H,1-4H3;1-3H,4H2;2*1H;/q;;;;+2/p-2. The van der Waals surface area contributed by atoms with Crippen molar-refractivity contribution in [2.75, 3.05) is 0 Å². The van der Waals surface area contributed by atoms with Crippen molar-refractivity contribution in [2.24, 2.45) is 5.92 Å². The fourth-order valence-electron chi connectivity index (χ4n) is 2.28. The van der Waals surface area contributed by atoms with Crippen molar-refractivity contribution >= 4 is 0 Å². The van der Waals surface area contributed by atoms with Gasteiger partial charge in [-0.2, -0.15) is 0 Å². The molecule has 1 atom stereocenters.